The van der Waals surface area contributed by atoms with Crippen molar-refractivity contribution in [2.75, 3.05) is 13.2 Å². The number of esters is 1. The van der Waals surface area contributed by atoms with Crippen LogP contribution in [0.5, 0.6) is 0 Å². The molecule has 0 radical (unpaired) electrons. The van der Waals surface area contributed by atoms with Crippen LogP contribution in [0.15, 0.2) is 65.9 Å². The van der Waals surface area contributed by atoms with Crippen LogP contribution in [0.2, 0.25) is 0 Å². The molecule has 1 amide bonds. The maximum absolute atomic E-state index is 12.3. The Morgan fingerprint density at radius 2 is 1.66 bits per heavy atom. The van der Waals surface area contributed by atoms with Crippen LogP contribution in [0.1, 0.15) is 52.0 Å². The van der Waals surface area contributed by atoms with Gasteiger partial charge >= 0.3 is 12.1 Å². The first-order chi connectivity index (χ1) is 16.8. The summed E-state index contributed by atoms with van der Waals surface area (Å²) in [6, 6.07) is 14.3. The van der Waals surface area contributed by atoms with E-state index in [1.54, 1.807) is 6.92 Å². The molecule has 4 rings (SSSR count). The molecule has 1 aliphatic carbocycles. The molecule has 1 heterocycles. The lowest BCUT2D eigenvalue weighted by Gasteiger charge is -2.14. The molecule has 5 nitrogen and oxygen atoms in total. The molecule has 2 N–H and O–H groups in total. The van der Waals surface area contributed by atoms with Gasteiger partial charge in [-0.05, 0) is 55.9 Å². The molecule has 0 spiro atoms. The second-order valence-corrected chi connectivity index (χ2v) is 7.75. The number of hydrogen-bond donors (Lipinski definition) is 2. The van der Waals surface area contributed by atoms with E-state index < -0.39 is 11.7 Å². The molecule has 35 heavy (non-hydrogen) atoms. The van der Waals surface area contributed by atoms with Gasteiger partial charge in [0.25, 0.3) is 0 Å². The highest BCUT2D eigenvalue weighted by atomic mass is 19.4. The number of amides is 1. The van der Waals surface area contributed by atoms with Crippen LogP contribution in [0.3, 0.4) is 0 Å². The van der Waals surface area contributed by atoms with Crippen molar-refractivity contribution in [3.05, 3.63) is 71.4 Å². The summed E-state index contributed by atoms with van der Waals surface area (Å²) in [5.74, 6) is -0.224. The Balaban J connectivity index is 0.000000231. The number of hydrogen-bond acceptors (Lipinski definition) is 4. The standard InChI is InChI=1S/C13H9F3.C12H18N2O3.C2H6/c14-13(15,16)12-8-6-11(7-9-12)10-4-2-1-3-5-10;1-2-17-12(16)8-4-3-5-9(8)14-10-6-7-13-11(10)15;1-2/h1-9H;10,14H,2-7H2,1H3,(H,13,15);1-2H3. The molecule has 0 aromatic heterocycles. The Kier molecular flexibility index (Phi) is 10.8. The van der Waals surface area contributed by atoms with E-state index in [0.717, 1.165) is 54.6 Å². The molecule has 190 valence electrons. The van der Waals surface area contributed by atoms with Crippen molar-refractivity contribution in [1.29, 1.82) is 0 Å². The van der Waals surface area contributed by atoms with Crippen LogP contribution in [-0.2, 0) is 20.5 Å². The minimum absolute atomic E-state index is 0.0209. The van der Waals surface area contributed by atoms with Gasteiger partial charge in [-0.1, -0.05) is 56.3 Å². The zero-order chi connectivity index (χ0) is 25.8. The van der Waals surface area contributed by atoms with Gasteiger partial charge in [0, 0.05) is 12.2 Å². The summed E-state index contributed by atoms with van der Waals surface area (Å²) < 4.78 is 42.0. The lowest BCUT2D eigenvalue weighted by molar-refractivity contribution is -0.139. The van der Waals surface area contributed by atoms with E-state index in [0.29, 0.717) is 18.7 Å². The van der Waals surface area contributed by atoms with Gasteiger partial charge in [0.15, 0.2) is 0 Å². The van der Waals surface area contributed by atoms with E-state index in [1.165, 1.54) is 12.1 Å². The predicted molar refractivity (Wildman–Crippen MR) is 130 cm³/mol. The number of alkyl halides is 3. The molecule has 2 aromatic rings. The maximum atomic E-state index is 12.3. The Morgan fingerprint density at radius 3 is 2.20 bits per heavy atom. The largest absolute Gasteiger partial charge is 0.463 e. The van der Waals surface area contributed by atoms with Crippen molar-refractivity contribution in [2.45, 2.75) is 58.7 Å². The first-order valence-electron chi connectivity index (χ1n) is 12.0. The van der Waals surface area contributed by atoms with Gasteiger partial charge in [-0.15, -0.1) is 0 Å². The van der Waals surface area contributed by atoms with Gasteiger partial charge in [-0.3, -0.25) is 4.79 Å². The van der Waals surface area contributed by atoms with Crippen molar-refractivity contribution in [1.82, 2.24) is 10.6 Å². The fourth-order valence-corrected chi connectivity index (χ4v) is 3.77. The lowest BCUT2D eigenvalue weighted by Crippen LogP contribution is -2.36. The summed E-state index contributed by atoms with van der Waals surface area (Å²) in [4.78, 5) is 23.1. The van der Waals surface area contributed by atoms with Crippen LogP contribution in [0.25, 0.3) is 11.1 Å². The average Bonchev–Trinajstić information content (AvgIpc) is 3.50. The minimum Gasteiger partial charge on any atom is -0.463 e. The maximum Gasteiger partial charge on any atom is 0.416 e. The van der Waals surface area contributed by atoms with Crippen LogP contribution < -0.4 is 10.6 Å². The molecule has 0 saturated carbocycles. The molecule has 1 aliphatic heterocycles. The van der Waals surface area contributed by atoms with Crippen LogP contribution >= 0.6 is 0 Å². The number of ether oxygens (including phenoxy) is 1. The number of halogens is 3. The first kappa shape index (κ1) is 28.0. The monoisotopic (exact) mass is 490 g/mol. The Labute approximate surface area is 204 Å². The van der Waals surface area contributed by atoms with E-state index in [2.05, 4.69) is 10.6 Å². The number of allylic oxidation sites excluding steroid dienone is 1. The fourth-order valence-electron chi connectivity index (χ4n) is 3.77. The van der Waals surface area contributed by atoms with Crippen molar-refractivity contribution in [2.24, 2.45) is 0 Å². The van der Waals surface area contributed by atoms with Gasteiger partial charge in [0.1, 0.15) is 6.04 Å². The normalized spacial score (nSPS) is 17.0. The van der Waals surface area contributed by atoms with Gasteiger partial charge in [0.2, 0.25) is 5.91 Å². The Morgan fingerprint density at radius 1 is 1.03 bits per heavy atom. The summed E-state index contributed by atoms with van der Waals surface area (Å²) in [7, 11) is 0. The Bertz CT molecular complexity index is 987. The SMILES string of the molecule is CC.CCOC(=O)C1=C(NC2CCNC2=O)CCC1.FC(F)(F)c1ccc(-c2ccccc2)cc1. The van der Waals surface area contributed by atoms with E-state index in [9.17, 15) is 22.8 Å². The van der Waals surface area contributed by atoms with Crippen molar-refractivity contribution in [3.8, 4) is 11.1 Å². The summed E-state index contributed by atoms with van der Waals surface area (Å²) >= 11 is 0. The highest BCUT2D eigenvalue weighted by Crippen LogP contribution is 2.31. The predicted octanol–water partition coefficient (Wildman–Crippen LogP) is 5.86. The molecular formula is C27H33F3N2O3. The third kappa shape index (κ3) is 8.16. The smallest absolute Gasteiger partial charge is 0.416 e. The first-order valence-corrected chi connectivity index (χ1v) is 12.0. The highest BCUT2D eigenvalue weighted by molar-refractivity contribution is 5.90. The fraction of sp³-hybridized carbons (Fsp3) is 0.407. The third-order valence-corrected chi connectivity index (χ3v) is 5.46. The van der Waals surface area contributed by atoms with Crippen LogP contribution in [0, 0.1) is 0 Å². The Hall–Kier alpha value is -3.29. The van der Waals surface area contributed by atoms with Crippen LogP contribution in [0.4, 0.5) is 13.2 Å². The second kappa shape index (κ2) is 13.6. The van der Waals surface area contributed by atoms with E-state index in [1.807, 2.05) is 44.2 Å². The van der Waals surface area contributed by atoms with Crippen LogP contribution in [-0.4, -0.2) is 31.1 Å². The summed E-state index contributed by atoms with van der Waals surface area (Å²) in [5.41, 5.74) is 2.69. The second-order valence-electron chi connectivity index (χ2n) is 7.75. The third-order valence-electron chi connectivity index (χ3n) is 5.46. The topological polar surface area (TPSA) is 67.4 Å². The molecule has 1 unspecified atom stereocenters. The quantitative estimate of drug-likeness (QED) is 0.515. The molecule has 8 heteroatoms. The molecule has 1 atom stereocenters. The molecule has 0 bridgehead atoms. The molecule has 1 saturated heterocycles. The van der Waals surface area contributed by atoms with Crippen molar-refractivity contribution >= 4 is 11.9 Å². The molecule has 1 fully saturated rings. The zero-order valence-corrected chi connectivity index (χ0v) is 20.4. The number of carbonyl (C=O) groups excluding carboxylic acids is 2. The van der Waals surface area contributed by atoms with Crippen molar-refractivity contribution < 1.29 is 27.5 Å². The summed E-state index contributed by atoms with van der Waals surface area (Å²) in [6.45, 7) is 6.89. The van der Waals surface area contributed by atoms with Gasteiger partial charge in [-0.25, -0.2) is 4.79 Å². The molecule has 2 aliphatic rings. The lowest BCUT2D eigenvalue weighted by atomic mass is 10.0. The number of rotatable bonds is 5. The summed E-state index contributed by atoms with van der Waals surface area (Å²) in [5, 5.41) is 5.96. The molecular weight excluding hydrogens is 457 g/mol. The zero-order valence-electron chi connectivity index (χ0n) is 20.4. The van der Waals surface area contributed by atoms with Gasteiger partial charge < -0.3 is 15.4 Å². The number of benzene rings is 2. The van der Waals surface area contributed by atoms with Crippen molar-refractivity contribution in [3.63, 3.8) is 0 Å². The van der Waals surface area contributed by atoms with Gasteiger partial charge in [-0.2, -0.15) is 13.2 Å². The average molecular weight is 491 g/mol. The molecule has 2 aromatic carbocycles. The highest BCUT2D eigenvalue weighted by Gasteiger charge is 2.30. The van der Waals surface area contributed by atoms with E-state index in [4.69, 9.17) is 4.74 Å². The summed E-state index contributed by atoms with van der Waals surface area (Å²) in [6.07, 6.45) is -0.966. The van der Waals surface area contributed by atoms with Gasteiger partial charge in [0.05, 0.1) is 17.7 Å². The number of carbonyl (C=O) groups is 2. The number of nitrogens with one attached hydrogen (secondary N) is 2. The minimum atomic E-state index is -4.27. The van der Waals surface area contributed by atoms with E-state index >= 15 is 0 Å². The van der Waals surface area contributed by atoms with E-state index in [-0.39, 0.29) is 17.9 Å².